The zero-order chi connectivity index (χ0) is 15.4. The highest BCUT2D eigenvalue weighted by molar-refractivity contribution is 5.72. The molecule has 2 aromatic rings. The van der Waals surface area contributed by atoms with Crippen LogP contribution in [0.25, 0.3) is 11.4 Å². The number of fused-ring (bicyclic) bond motifs is 5. The van der Waals surface area contributed by atoms with Crippen molar-refractivity contribution in [2.75, 3.05) is 12.3 Å². The van der Waals surface area contributed by atoms with Crippen molar-refractivity contribution in [2.45, 2.75) is 25.9 Å². The predicted octanol–water partition coefficient (Wildman–Crippen LogP) is 1.27. The van der Waals surface area contributed by atoms with Gasteiger partial charge in [-0.1, -0.05) is 17.3 Å². The van der Waals surface area contributed by atoms with Crippen LogP contribution in [0.3, 0.4) is 0 Å². The Morgan fingerprint density at radius 2 is 2.18 bits per heavy atom. The number of nitrogens with two attached hydrogens (primary N) is 1. The number of hydrogen-bond acceptors (Lipinski definition) is 5. The van der Waals surface area contributed by atoms with Crippen molar-refractivity contribution in [3.05, 3.63) is 29.0 Å². The van der Waals surface area contributed by atoms with Crippen LogP contribution in [0.15, 0.2) is 16.7 Å². The molecular formula is C14H15N5O3. The summed E-state index contributed by atoms with van der Waals surface area (Å²) in [7, 11) is 0. The average molecular weight is 301 g/mol. The van der Waals surface area contributed by atoms with Crippen molar-refractivity contribution >= 4 is 12.0 Å². The van der Waals surface area contributed by atoms with Crippen LogP contribution in [0, 0.1) is 0 Å². The first kappa shape index (κ1) is 12.9. The van der Waals surface area contributed by atoms with Gasteiger partial charge in [-0.05, 0) is 0 Å². The first-order valence-electron chi connectivity index (χ1n) is 7.02. The minimum Gasteiger partial charge on any atom is -0.465 e. The van der Waals surface area contributed by atoms with Crippen LogP contribution in [0.5, 0.6) is 0 Å². The lowest BCUT2D eigenvalue weighted by Gasteiger charge is -2.23. The van der Waals surface area contributed by atoms with Crippen LogP contribution in [-0.4, -0.2) is 37.6 Å². The average Bonchev–Trinajstić information content (AvgIpc) is 2.95. The molecule has 3 N–H and O–H groups in total. The zero-order valence-corrected chi connectivity index (χ0v) is 11.9. The van der Waals surface area contributed by atoms with Crippen molar-refractivity contribution in [1.29, 1.82) is 0 Å². The number of aromatic nitrogens is 3. The van der Waals surface area contributed by atoms with Crippen LogP contribution in [0.1, 0.15) is 16.8 Å². The fourth-order valence-electron chi connectivity index (χ4n) is 3.17. The van der Waals surface area contributed by atoms with Gasteiger partial charge in [-0.15, -0.1) is 0 Å². The highest BCUT2D eigenvalue weighted by atomic mass is 16.5. The number of amides is 1. The fraction of sp³-hybridized carbons (Fsp3) is 0.357. The molecule has 1 amide bonds. The van der Waals surface area contributed by atoms with Gasteiger partial charge < -0.3 is 20.3 Å². The Balaban J connectivity index is 1.91. The summed E-state index contributed by atoms with van der Waals surface area (Å²) >= 11 is 0. The summed E-state index contributed by atoms with van der Waals surface area (Å²) in [5.74, 6) is 0.283. The number of allylic oxidation sites excluding steroid dienone is 1. The molecule has 0 radical (unpaired) electrons. The number of carbonyl (C=O) groups is 1. The molecule has 0 saturated heterocycles. The van der Waals surface area contributed by atoms with Crippen molar-refractivity contribution in [2.24, 2.45) is 0 Å². The topological polar surface area (TPSA) is 110 Å². The second-order valence-electron chi connectivity index (χ2n) is 5.69. The smallest absolute Gasteiger partial charge is 0.407 e. The first-order chi connectivity index (χ1) is 10.5. The van der Waals surface area contributed by atoms with Crippen molar-refractivity contribution in [3.8, 4) is 11.4 Å². The summed E-state index contributed by atoms with van der Waals surface area (Å²) < 4.78 is 6.97. The van der Waals surface area contributed by atoms with E-state index in [2.05, 4.69) is 16.8 Å². The van der Waals surface area contributed by atoms with Gasteiger partial charge in [0.1, 0.15) is 5.69 Å². The molecule has 0 bridgehead atoms. The molecule has 2 aromatic heterocycles. The first-order valence-corrected chi connectivity index (χ1v) is 7.02. The Hall–Kier alpha value is -2.77. The molecule has 0 fully saturated rings. The quantitative estimate of drug-likeness (QED) is 0.709. The van der Waals surface area contributed by atoms with Gasteiger partial charge in [-0.3, -0.25) is 4.68 Å². The van der Waals surface area contributed by atoms with Gasteiger partial charge in [0.05, 0.1) is 30.0 Å². The molecule has 22 heavy (non-hydrogen) atoms. The van der Waals surface area contributed by atoms with E-state index in [-0.39, 0.29) is 5.88 Å². The Morgan fingerprint density at radius 3 is 2.95 bits per heavy atom. The Kier molecular flexibility index (Phi) is 2.56. The lowest BCUT2D eigenvalue weighted by Crippen LogP contribution is -2.34. The summed E-state index contributed by atoms with van der Waals surface area (Å²) in [5, 5.41) is 17.9. The Morgan fingerprint density at radius 1 is 1.36 bits per heavy atom. The maximum atomic E-state index is 11.3. The molecule has 0 spiro atoms. The van der Waals surface area contributed by atoms with Gasteiger partial charge in [-0.25, -0.2) is 4.79 Å². The molecule has 0 unspecified atom stereocenters. The van der Waals surface area contributed by atoms with E-state index in [9.17, 15) is 9.90 Å². The molecule has 8 heteroatoms. The van der Waals surface area contributed by atoms with E-state index in [4.69, 9.17) is 10.3 Å². The molecule has 4 heterocycles. The van der Waals surface area contributed by atoms with E-state index < -0.39 is 6.09 Å². The molecule has 114 valence electrons. The summed E-state index contributed by atoms with van der Waals surface area (Å²) in [4.78, 5) is 12.6. The van der Waals surface area contributed by atoms with E-state index in [0.717, 1.165) is 28.1 Å². The van der Waals surface area contributed by atoms with E-state index in [1.807, 2.05) is 4.68 Å². The van der Waals surface area contributed by atoms with Gasteiger partial charge in [-0.2, -0.15) is 5.10 Å². The van der Waals surface area contributed by atoms with Crippen molar-refractivity contribution in [1.82, 2.24) is 19.8 Å². The molecule has 0 aliphatic carbocycles. The SMILES string of the molecule is C=C1Cc2c(noc2N)-c2c3c(nn2C1)CCN(C(=O)O)C3. The van der Waals surface area contributed by atoms with Crippen molar-refractivity contribution in [3.63, 3.8) is 0 Å². The maximum Gasteiger partial charge on any atom is 0.407 e. The van der Waals surface area contributed by atoms with Crippen LogP contribution in [0.4, 0.5) is 10.7 Å². The summed E-state index contributed by atoms with van der Waals surface area (Å²) in [6, 6.07) is 0. The minimum atomic E-state index is -0.927. The van der Waals surface area contributed by atoms with E-state index in [1.54, 1.807) is 0 Å². The fourth-order valence-corrected chi connectivity index (χ4v) is 3.17. The summed E-state index contributed by atoms with van der Waals surface area (Å²) in [5.41, 5.74) is 10.9. The second kappa shape index (κ2) is 4.36. The van der Waals surface area contributed by atoms with Gasteiger partial charge in [0.15, 0.2) is 0 Å². The number of nitrogen functional groups attached to an aromatic ring is 1. The van der Waals surface area contributed by atoms with Gasteiger partial charge in [0.2, 0.25) is 5.88 Å². The molecule has 0 atom stereocenters. The zero-order valence-electron chi connectivity index (χ0n) is 11.9. The second-order valence-corrected chi connectivity index (χ2v) is 5.69. The molecule has 0 saturated carbocycles. The number of carboxylic acid groups (broad SMARTS) is 1. The van der Waals surface area contributed by atoms with E-state index >= 15 is 0 Å². The molecule has 4 rings (SSSR count). The Labute approximate surface area is 125 Å². The molecule has 8 nitrogen and oxygen atoms in total. The van der Waals surface area contributed by atoms with Crippen LogP contribution in [-0.2, 0) is 25.9 Å². The predicted molar refractivity (Wildman–Crippen MR) is 77.1 cm³/mol. The molecule has 0 aromatic carbocycles. The van der Waals surface area contributed by atoms with Crippen molar-refractivity contribution < 1.29 is 14.4 Å². The van der Waals surface area contributed by atoms with E-state index in [0.29, 0.717) is 38.2 Å². The lowest BCUT2D eigenvalue weighted by atomic mass is 10.0. The summed E-state index contributed by atoms with van der Waals surface area (Å²) in [6.45, 7) is 5.38. The molecule has 2 aliphatic rings. The number of nitrogens with zero attached hydrogens (tertiary/aromatic N) is 4. The van der Waals surface area contributed by atoms with Gasteiger partial charge in [0, 0.05) is 24.9 Å². The summed E-state index contributed by atoms with van der Waals surface area (Å²) in [6.07, 6.45) is 0.255. The maximum absolute atomic E-state index is 11.3. The van der Waals surface area contributed by atoms with Crippen LogP contribution >= 0.6 is 0 Å². The monoisotopic (exact) mass is 301 g/mol. The van der Waals surface area contributed by atoms with E-state index in [1.165, 1.54) is 4.90 Å². The standard InChI is InChI=1S/C14H15N5O3/c1-7-4-8-11(17-22-13(8)15)12-9-6-18(14(20)21)3-2-10(9)16-19(12)5-7/h1-6,15H2,(H,20,21). The van der Waals surface area contributed by atoms with Crippen LogP contribution < -0.4 is 5.73 Å². The Bertz CT molecular complexity index is 804. The normalized spacial score (nSPS) is 16.7. The largest absolute Gasteiger partial charge is 0.465 e. The third kappa shape index (κ3) is 1.73. The van der Waals surface area contributed by atoms with Crippen LogP contribution in [0.2, 0.25) is 0 Å². The van der Waals surface area contributed by atoms with Gasteiger partial charge >= 0.3 is 6.09 Å². The highest BCUT2D eigenvalue weighted by Gasteiger charge is 2.32. The number of hydrogen-bond donors (Lipinski definition) is 2. The third-order valence-corrected chi connectivity index (χ3v) is 4.21. The van der Waals surface area contributed by atoms with Gasteiger partial charge in [0.25, 0.3) is 0 Å². The third-order valence-electron chi connectivity index (χ3n) is 4.21. The lowest BCUT2D eigenvalue weighted by molar-refractivity contribution is 0.140. The minimum absolute atomic E-state index is 0.283. The number of rotatable bonds is 0. The molecule has 2 aliphatic heterocycles. The number of anilines is 1. The molecular weight excluding hydrogens is 286 g/mol. The highest BCUT2D eigenvalue weighted by Crippen LogP contribution is 2.37.